The number of nitrogens with two attached hydrogens (primary N) is 1. The van der Waals surface area contributed by atoms with E-state index in [0.717, 1.165) is 33.9 Å². The highest BCUT2D eigenvalue weighted by Crippen LogP contribution is 2.23. The SMILES string of the molecule is CCOC(=O)c1cc2c(s1)=NC(N)=C(CC)CC=2/C=C/C(C)(C)C. The first kappa shape index (κ1) is 18.5. The molecule has 0 unspecified atom stereocenters. The average Bonchev–Trinajstić information content (AvgIpc) is 2.85. The summed E-state index contributed by atoms with van der Waals surface area (Å²) in [5, 5.41) is 0.981. The maximum Gasteiger partial charge on any atom is 0.348 e. The molecular formula is C19H26N2O2S. The Morgan fingerprint density at radius 3 is 2.71 bits per heavy atom. The number of carbonyl (C=O) groups excluding carboxylic acids is 1. The lowest BCUT2D eigenvalue weighted by Gasteiger charge is -2.12. The lowest BCUT2D eigenvalue weighted by Crippen LogP contribution is -2.20. The summed E-state index contributed by atoms with van der Waals surface area (Å²) in [6.45, 7) is 10.7. The summed E-state index contributed by atoms with van der Waals surface area (Å²) in [6, 6.07) is 1.88. The molecule has 0 saturated heterocycles. The summed E-state index contributed by atoms with van der Waals surface area (Å²) >= 11 is 1.34. The highest BCUT2D eigenvalue weighted by atomic mass is 32.1. The number of esters is 1. The van der Waals surface area contributed by atoms with Gasteiger partial charge in [0.2, 0.25) is 0 Å². The first-order valence-corrected chi connectivity index (χ1v) is 9.12. The Labute approximate surface area is 147 Å². The first-order chi connectivity index (χ1) is 11.2. The molecule has 0 aliphatic carbocycles. The van der Waals surface area contributed by atoms with Crippen LogP contribution in [-0.4, -0.2) is 12.6 Å². The third-order valence-corrected chi connectivity index (χ3v) is 4.74. The van der Waals surface area contributed by atoms with Gasteiger partial charge in [-0.1, -0.05) is 39.8 Å². The van der Waals surface area contributed by atoms with Gasteiger partial charge in [0.25, 0.3) is 0 Å². The van der Waals surface area contributed by atoms with E-state index < -0.39 is 0 Å². The van der Waals surface area contributed by atoms with Crippen LogP contribution in [-0.2, 0) is 4.74 Å². The second-order valence-electron chi connectivity index (χ2n) is 6.91. The van der Waals surface area contributed by atoms with E-state index in [1.165, 1.54) is 11.3 Å². The summed E-state index contributed by atoms with van der Waals surface area (Å²) in [5.41, 5.74) is 8.52. The third kappa shape index (κ3) is 4.35. The van der Waals surface area contributed by atoms with Gasteiger partial charge in [-0.25, -0.2) is 9.79 Å². The van der Waals surface area contributed by atoms with Crippen molar-refractivity contribution in [3.05, 3.63) is 44.4 Å². The fraction of sp³-hybridized carbons (Fsp3) is 0.474. The highest BCUT2D eigenvalue weighted by molar-refractivity contribution is 7.11. The van der Waals surface area contributed by atoms with E-state index in [4.69, 9.17) is 10.5 Å². The zero-order valence-corrected chi connectivity index (χ0v) is 15.9. The molecule has 1 aromatic heterocycles. The third-order valence-electron chi connectivity index (χ3n) is 3.73. The molecule has 1 aliphatic heterocycles. The van der Waals surface area contributed by atoms with Crippen LogP contribution in [0.4, 0.5) is 0 Å². The van der Waals surface area contributed by atoms with Crippen molar-refractivity contribution < 1.29 is 9.53 Å². The normalized spacial score (nSPS) is 15.3. The van der Waals surface area contributed by atoms with Gasteiger partial charge in [0.1, 0.15) is 15.4 Å². The largest absolute Gasteiger partial charge is 0.462 e. The predicted molar refractivity (Wildman–Crippen MR) is 99.2 cm³/mol. The molecule has 1 aliphatic rings. The fourth-order valence-corrected chi connectivity index (χ4v) is 3.38. The van der Waals surface area contributed by atoms with Gasteiger partial charge in [-0.3, -0.25) is 0 Å². The van der Waals surface area contributed by atoms with Crippen LogP contribution in [0, 0.1) is 5.41 Å². The van der Waals surface area contributed by atoms with E-state index in [1.807, 2.05) is 6.07 Å². The topological polar surface area (TPSA) is 64.7 Å². The number of nitrogens with zero attached hydrogens (tertiary/aromatic N) is 1. The minimum atomic E-state index is -0.303. The Bertz CT molecular complexity index is 807. The van der Waals surface area contributed by atoms with Gasteiger partial charge < -0.3 is 10.5 Å². The molecule has 130 valence electrons. The van der Waals surface area contributed by atoms with Crippen molar-refractivity contribution in [2.45, 2.75) is 47.5 Å². The summed E-state index contributed by atoms with van der Waals surface area (Å²) < 4.78 is 5.90. The molecule has 0 saturated carbocycles. The predicted octanol–water partition coefficient (Wildman–Crippen LogP) is 3.28. The Morgan fingerprint density at radius 2 is 2.12 bits per heavy atom. The molecule has 0 bridgehead atoms. The summed E-state index contributed by atoms with van der Waals surface area (Å²) in [4.78, 5) is 17.2. The Kier molecular flexibility index (Phi) is 5.65. The van der Waals surface area contributed by atoms with Crippen molar-refractivity contribution in [3.8, 4) is 0 Å². The lowest BCUT2D eigenvalue weighted by molar-refractivity contribution is 0.0532. The van der Waals surface area contributed by atoms with Gasteiger partial charge in [0.15, 0.2) is 0 Å². The number of allylic oxidation sites excluding steroid dienone is 3. The maximum absolute atomic E-state index is 12.1. The van der Waals surface area contributed by atoms with E-state index in [-0.39, 0.29) is 11.4 Å². The molecule has 0 spiro atoms. The molecule has 5 heteroatoms. The van der Waals surface area contributed by atoms with Crippen LogP contribution < -0.4 is 15.6 Å². The number of fused-ring (bicyclic) bond motifs is 1. The minimum Gasteiger partial charge on any atom is -0.462 e. The van der Waals surface area contributed by atoms with E-state index in [2.05, 4.69) is 44.8 Å². The smallest absolute Gasteiger partial charge is 0.348 e. The van der Waals surface area contributed by atoms with Crippen molar-refractivity contribution >= 4 is 22.9 Å². The minimum absolute atomic E-state index is 0.0816. The molecule has 0 amide bonds. The number of thiophene rings is 1. The highest BCUT2D eigenvalue weighted by Gasteiger charge is 2.16. The van der Waals surface area contributed by atoms with Crippen LogP contribution in [0.25, 0.3) is 5.57 Å². The van der Waals surface area contributed by atoms with Gasteiger partial charge in [-0.2, -0.15) is 0 Å². The molecule has 1 aromatic rings. The van der Waals surface area contributed by atoms with Crippen LogP contribution >= 0.6 is 11.3 Å². The second-order valence-corrected chi connectivity index (χ2v) is 7.94. The molecule has 2 N–H and O–H groups in total. The fourth-order valence-electron chi connectivity index (χ4n) is 2.41. The molecule has 0 aromatic carbocycles. The lowest BCUT2D eigenvalue weighted by atomic mass is 9.93. The molecule has 0 radical (unpaired) electrons. The Balaban J connectivity index is 2.64. The van der Waals surface area contributed by atoms with E-state index in [9.17, 15) is 4.79 Å². The molecule has 2 rings (SSSR count). The van der Waals surface area contributed by atoms with Crippen molar-refractivity contribution in [1.29, 1.82) is 0 Å². The average molecular weight is 346 g/mol. The Hall–Kier alpha value is -1.88. The van der Waals surface area contributed by atoms with Crippen LogP contribution in [0.3, 0.4) is 0 Å². The molecule has 0 atom stereocenters. The second kappa shape index (κ2) is 7.34. The van der Waals surface area contributed by atoms with E-state index in [0.29, 0.717) is 17.3 Å². The van der Waals surface area contributed by atoms with Crippen LogP contribution in [0.15, 0.2) is 34.6 Å². The van der Waals surface area contributed by atoms with Crippen molar-refractivity contribution in [3.63, 3.8) is 0 Å². The monoisotopic (exact) mass is 346 g/mol. The van der Waals surface area contributed by atoms with Crippen molar-refractivity contribution in [2.24, 2.45) is 16.1 Å². The number of carbonyl (C=O) groups is 1. The quantitative estimate of drug-likeness (QED) is 0.851. The molecule has 2 heterocycles. The zero-order chi connectivity index (χ0) is 17.9. The Morgan fingerprint density at radius 1 is 1.42 bits per heavy atom. The number of rotatable bonds is 4. The molecule has 24 heavy (non-hydrogen) atoms. The number of ether oxygens (including phenoxy) is 1. The molecule has 0 fully saturated rings. The number of hydrogen-bond acceptors (Lipinski definition) is 5. The summed E-state index contributed by atoms with van der Waals surface area (Å²) in [6.07, 6.45) is 5.94. The first-order valence-electron chi connectivity index (χ1n) is 8.30. The maximum atomic E-state index is 12.1. The van der Waals surface area contributed by atoms with Gasteiger partial charge in [0.05, 0.1) is 6.61 Å². The molecule has 4 nitrogen and oxygen atoms in total. The van der Waals surface area contributed by atoms with E-state index >= 15 is 0 Å². The summed E-state index contributed by atoms with van der Waals surface area (Å²) in [5.74, 6) is 0.262. The van der Waals surface area contributed by atoms with Crippen LogP contribution in [0.1, 0.15) is 57.1 Å². The zero-order valence-electron chi connectivity index (χ0n) is 15.1. The van der Waals surface area contributed by atoms with Crippen molar-refractivity contribution in [2.75, 3.05) is 6.61 Å². The van der Waals surface area contributed by atoms with Gasteiger partial charge in [-0.15, -0.1) is 11.3 Å². The molecular weight excluding hydrogens is 320 g/mol. The van der Waals surface area contributed by atoms with Crippen molar-refractivity contribution in [1.82, 2.24) is 0 Å². The summed E-state index contributed by atoms with van der Waals surface area (Å²) in [7, 11) is 0. The van der Waals surface area contributed by atoms with Gasteiger partial charge in [-0.05, 0) is 42.4 Å². The standard InChI is InChI=1S/C19H26N2O2S/c1-6-12-10-13(8-9-19(3,4)5)14-11-15(18(22)23-7-2)24-17(14)21-16(12)20/h8-9,11H,6-7,10,20H2,1-5H3/b9-8+. The van der Waals surface area contributed by atoms with Crippen LogP contribution in [0.2, 0.25) is 0 Å². The van der Waals surface area contributed by atoms with Gasteiger partial charge in [0, 0.05) is 5.22 Å². The van der Waals surface area contributed by atoms with E-state index in [1.54, 1.807) is 6.92 Å². The van der Waals surface area contributed by atoms with Gasteiger partial charge >= 0.3 is 5.97 Å². The van der Waals surface area contributed by atoms with Crippen LogP contribution in [0.5, 0.6) is 0 Å². The number of hydrogen-bond donors (Lipinski definition) is 1.